The summed E-state index contributed by atoms with van der Waals surface area (Å²) in [5, 5.41) is 14.0. The lowest BCUT2D eigenvalue weighted by atomic mass is 9.94. The molecule has 0 unspecified atom stereocenters. The van der Waals surface area contributed by atoms with Crippen LogP contribution in [0.15, 0.2) is 66.7 Å². The summed E-state index contributed by atoms with van der Waals surface area (Å²) in [6.45, 7) is 2.07. The van der Waals surface area contributed by atoms with Gasteiger partial charge in [0.25, 0.3) is 0 Å². The van der Waals surface area contributed by atoms with Crippen molar-refractivity contribution in [1.29, 1.82) is 0 Å². The maximum atomic E-state index is 12.2. The number of halogens is 1. The molecule has 3 aromatic carbocycles. The van der Waals surface area contributed by atoms with E-state index in [2.05, 4.69) is 24.4 Å². The average molecular weight is 435 g/mol. The van der Waals surface area contributed by atoms with Gasteiger partial charge in [-0.15, -0.1) is 0 Å². The lowest BCUT2D eigenvalue weighted by Gasteiger charge is -2.33. The van der Waals surface area contributed by atoms with Crippen molar-refractivity contribution in [2.75, 3.05) is 10.2 Å². The van der Waals surface area contributed by atoms with Gasteiger partial charge in [-0.2, -0.15) is 0 Å². The van der Waals surface area contributed by atoms with Crippen LogP contribution in [0.4, 0.5) is 21.9 Å². The number of nitrogens with one attached hydrogen (secondary N) is 1. The van der Waals surface area contributed by atoms with Gasteiger partial charge in [0, 0.05) is 17.3 Å². The largest absolute Gasteiger partial charge is 0.465 e. The Morgan fingerprint density at radius 1 is 0.968 bits per heavy atom. The monoisotopic (exact) mass is 434 g/mol. The first-order chi connectivity index (χ1) is 15.0. The van der Waals surface area contributed by atoms with Crippen molar-refractivity contribution in [3.8, 4) is 11.1 Å². The quantitative estimate of drug-likeness (QED) is 0.429. The highest BCUT2D eigenvalue weighted by Crippen LogP contribution is 2.36. The summed E-state index contributed by atoms with van der Waals surface area (Å²) in [5.74, 6) is 0. The summed E-state index contributed by atoms with van der Waals surface area (Å²) in [7, 11) is 0. The molecular formula is C26H27ClN2O2. The number of carboxylic acid groups (broad SMARTS) is 1. The molecule has 0 bridgehead atoms. The minimum atomic E-state index is -0.908. The minimum Gasteiger partial charge on any atom is -0.465 e. The zero-order valence-corrected chi connectivity index (χ0v) is 18.4. The molecule has 0 aromatic heterocycles. The van der Waals surface area contributed by atoms with Gasteiger partial charge in [-0.1, -0.05) is 73.3 Å². The number of carbonyl (C=O) groups is 1. The van der Waals surface area contributed by atoms with E-state index in [0.29, 0.717) is 10.7 Å². The Kier molecular flexibility index (Phi) is 6.47. The first-order valence-electron chi connectivity index (χ1n) is 10.8. The van der Waals surface area contributed by atoms with Gasteiger partial charge < -0.3 is 10.4 Å². The average Bonchev–Trinajstić information content (AvgIpc) is 2.77. The van der Waals surface area contributed by atoms with Crippen LogP contribution < -0.4 is 10.2 Å². The summed E-state index contributed by atoms with van der Waals surface area (Å²) in [4.78, 5) is 13.7. The molecule has 160 valence electrons. The first kappa shape index (κ1) is 21.3. The van der Waals surface area contributed by atoms with Gasteiger partial charge in [-0.3, -0.25) is 4.90 Å². The second-order valence-corrected chi connectivity index (χ2v) is 8.50. The first-order valence-corrected chi connectivity index (χ1v) is 11.2. The standard InChI is InChI=1S/C26H27ClN2O2/c1-18-9-5-6-12-21(18)22-16-15-19(17-23(22)27)28-24-13-7-8-14-25(24)29(26(30)31)20-10-3-2-4-11-20/h5-9,12-17,20,28H,2-4,10-11H2,1H3,(H,30,31). The van der Waals surface area contributed by atoms with Gasteiger partial charge >= 0.3 is 6.09 Å². The summed E-state index contributed by atoms with van der Waals surface area (Å²) in [6.07, 6.45) is 4.21. The molecule has 0 atom stereocenters. The van der Waals surface area contributed by atoms with E-state index < -0.39 is 6.09 Å². The maximum Gasteiger partial charge on any atom is 0.412 e. The van der Waals surface area contributed by atoms with Crippen LogP contribution in [0.1, 0.15) is 37.7 Å². The molecule has 0 aliphatic heterocycles. The van der Waals surface area contributed by atoms with Crippen LogP contribution in [0.5, 0.6) is 0 Å². The molecule has 5 heteroatoms. The highest BCUT2D eigenvalue weighted by molar-refractivity contribution is 6.33. The van der Waals surface area contributed by atoms with Gasteiger partial charge in [0.05, 0.1) is 16.4 Å². The van der Waals surface area contributed by atoms with Gasteiger partial charge in [0.15, 0.2) is 0 Å². The van der Waals surface area contributed by atoms with E-state index in [0.717, 1.165) is 48.2 Å². The van der Waals surface area contributed by atoms with Crippen LogP contribution in [0.3, 0.4) is 0 Å². The lowest BCUT2D eigenvalue weighted by molar-refractivity contribution is 0.196. The van der Waals surface area contributed by atoms with E-state index in [9.17, 15) is 9.90 Å². The smallest absolute Gasteiger partial charge is 0.412 e. The van der Waals surface area contributed by atoms with Gasteiger partial charge in [-0.25, -0.2) is 4.79 Å². The van der Waals surface area contributed by atoms with E-state index in [4.69, 9.17) is 11.6 Å². The highest BCUT2D eigenvalue weighted by atomic mass is 35.5. The van der Waals surface area contributed by atoms with Crippen molar-refractivity contribution in [2.45, 2.75) is 45.1 Å². The Morgan fingerprint density at radius 3 is 2.39 bits per heavy atom. The van der Waals surface area contributed by atoms with Crippen LogP contribution in [0.2, 0.25) is 5.02 Å². The van der Waals surface area contributed by atoms with Crippen LogP contribution in [0, 0.1) is 6.92 Å². The van der Waals surface area contributed by atoms with E-state index in [1.807, 2.05) is 54.6 Å². The van der Waals surface area contributed by atoms with Crippen molar-refractivity contribution in [3.05, 3.63) is 77.3 Å². The number of benzene rings is 3. The topological polar surface area (TPSA) is 52.6 Å². The number of hydrogen-bond acceptors (Lipinski definition) is 2. The second-order valence-electron chi connectivity index (χ2n) is 8.10. The minimum absolute atomic E-state index is 0.0150. The zero-order chi connectivity index (χ0) is 21.8. The number of rotatable bonds is 5. The fraction of sp³-hybridized carbons (Fsp3) is 0.269. The van der Waals surface area contributed by atoms with Crippen LogP contribution in [0.25, 0.3) is 11.1 Å². The van der Waals surface area contributed by atoms with Crippen molar-refractivity contribution >= 4 is 34.8 Å². The van der Waals surface area contributed by atoms with E-state index in [-0.39, 0.29) is 6.04 Å². The lowest BCUT2D eigenvalue weighted by Crippen LogP contribution is -2.41. The molecule has 1 aliphatic carbocycles. The predicted molar refractivity (Wildman–Crippen MR) is 129 cm³/mol. The third-order valence-corrected chi connectivity index (χ3v) is 6.31. The zero-order valence-electron chi connectivity index (χ0n) is 17.6. The summed E-state index contributed by atoms with van der Waals surface area (Å²) in [6, 6.07) is 21.6. The number of nitrogens with zero attached hydrogens (tertiary/aromatic N) is 1. The number of para-hydroxylation sites is 2. The second kappa shape index (κ2) is 9.44. The Balaban J connectivity index is 1.64. The fourth-order valence-corrected chi connectivity index (χ4v) is 4.71. The van der Waals surface area contributed by atoms with Crippen LogP contribution >= 0.6 is 11.6 Å². The fourth-order valence-electron chi connectivity index (χ4n) is 4.43. The van der Waals surface area contributed by atoms with Gasteiger partial charge in [-0.05, 0) is 55.2 Å². The molecule has 1 amide bonds. The normalized spacial score (nSPS) is 14.3. The van der Waals surface area contributed by atoms with Crippen molar-refractivity contribution in [2.24, 2.45) is 0 Å². The third kappa shape index (κ3) is 4.70. The molecule has 4 rings (SSSR count). The Hall–Kier alpha value is -2.98. The molecule has 31 heavy (non-hydrogen) atoms. The molecule has 3 aromatic rings. The Labute approximate surface area is 188 Å². The summed E-state index contributed by atoms with van der Waals surface area (Å²) >= 11 is 6.63. The van der Waals surface area contributed by atoms with E-state index >= 15 is 0 Å². The molecule has 0 radical (unpaired) electrons. The molecule has 0 saturated heterocycles. The Bertz CT molecular complexity index is 1080. The number of aryl methyl sites for hydroxylation is 1. The molecular weight excluding hydrogens is 408 g/mol. The maximum absolute atomic E-state index is 12.2. The third-order valence-electron chi connectivity index (χ3n) is 5.99. The van der Waals surface area contributed by atoms with Crippen LogP contribution in [-0.4, -0.2) is 17.2 Å². The highest BCUT2D eigenvalue weighted by Gasteiger charge is 2.28. The number of hydrogen-bond donors (Lipinski definition) is 2. The Morgan fingerprint density at radius 2 is 1.68 bits per heavy atom. The SMILES string of the molecule is Cc1ccccc1-c1ccc(Nc2ccccc2N(C(=O)O)C2CCCCC2)cc1Cl. The predicted octanol–water partition coefficient (Wildman–Crippen LogP) is 7.88. The molecule has 0 heterocycles. The van der Waals surface area contributed by atoms with E-state index in [1.165, 1.54) is 16.9 Å². The number of anilines is 3. The molecule has 1 saturated carbocycles. The summed E-state index contributed by atoms with van der Waals surface area (Å²) in [5.41, 5.74) is 5.52. The molecule has 0 spiro atoms. The van der Waals surface area contributed by atoms with Gasteiger partial charge in [0.2, 0.25) is 0 Å². The molecule has 4 nitrogen and oxygen atoms in total. The van der Waals surface area contributed by atoms with Crippen molar-refractivity contribution < 1.29 is 9.90 Å². The summed E-state index contributed by atoms with van der Waals surface area (Å²) < 4.78 is 0. The van der Waals surface area contributed by atoms with Crippen LogP contribution in [-0.2, 0) is 0 Å². The van der Waals surface area contributed by atoms with Crippen molar-refractivity contribution in [1.82, 2.24) is 0 Å². The molecule has 1 aliphatic rings. The molecule has 1 fully saturated rings. The van der Waals surface area contributed by atoms with E-state index in [1.54, 1.807) is 0 Å². The van der Waals surface area contributed by atoms with Crippen molar-refractivity contribution in [3.63, 3.8) is 0 Å². The number of amides is 1. The van der Waals surface area contributed by atoms with Gasteiger partial charge in [0.1, 0.15) is 0 Å². The molecule has 2 N–H and O–H groups in total.